The molecule has 0 spiro atoms. The van der Waals surface area contributed by atoms with Crippen LogP contribution < -0.4 is 5.32 Å². The summed E-state index contributed by atoms with van der Waals surface area (Å²) in [6.45, 7) is 10.3. The Morgan fingerprint density at radius 2 is 1.81 bits per heavy atom. The third-order valence-electron chi connectivity index (χ3n) is 4.45. The zero-order valence-corrected chi connectivity index (χ0v) is 16.4. The standard InChI is InChI=1S/C22H25N3O2/c1-14-7-6-8-17(13-14)20(26)23-15(2)21-24-19(25-27-21)16-9-11-18(12-10-16)22(3,4)5/h6-13,15H,1-5H3,(H,23,26)/t15-/m1/s1. The fourth-order valence-corrected chi connectivity index (χ4v) is 2.78. The van der Waals surface area contributed by atoms with Crippen molar-refractivity contribution in [2.24, 2.45) is 0 Å². The summed E-state index contributed by atoms with van der Waals surface area (Å²) in [7, 11) is 0. The second-order valence-corrected chi connectivity index (χ2v) is 7.85. The van der Waals surface area contributed by atoms with Crippen molar-refractivity contribution in [2.75, 3.05) is 0 Å². The zero-order chi connectivity index (χ0) is 19.6. The third-order valence-corrected chi connectivity index (χ3v) is 4.45. The predicted octanol–water partition coefficient (Wildman–Crippen LogP) is 4.83. The molecule has 5 heteroatoms. The maximum absolute atomic E-state index is 12.4. The average Bonchev–Trinajstić information content (AvgIpc) is 3.11. The van der Waals surface area contributed by atoms with E-state index in [4.69, 9.17) is 4.52 Å². The van der Waals surface area contributed by atoms with E-state index in [0.717, 1.165) is 11.1 Å². The van der Waals surface area contributed by atoms with Crippen molar-refractivity contribution < 1.29 is 9.32 Å². The van der Waals surface area contributed by atoms with Gasteiger partial charge >= 0.3 is 0 Å². The van der Waals surface area contributed by atoms with Gasteiger partial charge in [0.2, 0.25) is 11.7 Å². The molecule has 0 saturated carbocycles. The molecular weight excluding hydrogens is 338 g/mol. The Labute approximate surface area is 159 Å². The molecule has 1 aromatic heterocycles. The number of carbonyl (C=O) groups excluding carboxylic acids is 1. The highest BCUT2D eigenvalue weighted by Gasteiger charge is 2.19. The van der Waals surface area contributed by atoms with Crippen molar-refractivity contribution in [1.29, 1.82) is 0 Å². The molecule has 0 aliphatic rings. The van der Waals surface area contributed by atoms with E-state index in [1.807, 2.05) is 44.2 Å². The number of benzene rings is 2. The lowest BCUT2D eigenvalue weighted by molar-refractivity contribution is 0.0932. The maximum atomic E-state index is 12.4. The summed E-state index contributed by atoms with van der Waals surface area (Å²) < 4.78 is 5.36. The summed E-state index contributed by atoms with van der Waals surface area (Å²) >= 11 is 0. The van der Waals surface area contributed by atoms with Gasteiger partial charge in [-0.2, -0.15) is 4.98 Å². The van der Waals surface area contributed by atoms with Crippen LogP contribution in [0, 0.1) is 6.92 Å². The SMILES string of the molecule is Cc1cccc(C(=O)N[C@H](C)c2nc(-c3ccc(C(C)(C)C)cc3)no2)c1. The minimum Gasteiger partial charge on any atom is -0.341 e. The fourth-order valence-electron chi connectivity index (χ4n) is 2.78. The van der Waals surface area contributed by atoms with E-state index in [0.29, 0.717) is 17.3 Å². The topological polar surface area (TPSA) is 68.0 Å². The normalized spacial score (nSPS) is 12.6. The van der Waals surface area contributed by atoms with Crippen molar-refractivity contribution in [3.8, 4) is 11.4 Å². The van der Waals surface area contributed by atoms with E-state index in [9.17, 15) is 4.79 Å². The summed E-state index contributed by atoms with van der Waals surface area (Å²) in [6, 6.07) is 15.2. The summed E-state index contributed by atoms with van der Waals surface area (Å²) in [5.41, 5.74) is 3.87. The van der Waals surface area contributed by atoms with Gasteiger partial charge in [0.15, 0.2) is 0 Å². The molecule has 27 heavy (non-hydrogen) atoms. The molecule has 0 aliphatic heterocycles. The number of nitrogens with one attached hydrogen (secondary N) is 1. The monoisotopic (exact) mass is 363 g/mol. The van der Waals surface area contributed by atoms with E-state index in [2.05, 4.69) is 48.4 Å². The molecule has 140 valence electrons. The second kappa shape index (κ2) is 7.35. The lowest BCUT2D eigenvalue weighted by Crippen LogP contribution is -2.26. The van der Waals surface area contributed by atoms with Crippen LogP contribution in [0.4, 0.5) is 0 Å². The minimum atomic E-state index is -0.381. The Morgan fingerprint density at radius 3 is 2.44 bits per heavy atom. The van der Waals surface area contributed by atoms with Crippen molar-refractivity contribution in [2.45, 2.75) is 46.1 Å². The van der Waals surface area contributed by atoms with E-state index >= 15 is 0 Å². The molecule has 0 fully saturated rings. The van der Waals surface area contributed by atoms with Crippen LogP contribution >= 0.6 is 0 Å². The van der Waals surface area contributed by atoms with Gasteiger partial charge in [0, 0.05) is 11.1 Å². The molecule has 0 saturated heterocycles. The van der Waals surface area contributed by atoms with Crippen molar-refractivity contribution >= 4 is 5.91 Å². The first-order valence-corrected chi connectivity index (χ1v) is 9.06. The van der Waals surface area contributed by atoms with E-state index in [-0.39, 0.29) is 17.4 Å². The van der Waals surface area contributed by atoms with Crippen LogP contribution in [-0.2, 0) is 5.41 Å². The molecule has 1 amide bonds. The van der Waals surface area contributed by atoms with Crippen molar-refractivity contribution in [1.82, 2.24) is 15.5 Å². The summed E-state index contributed by atoms with van der Waals surface area (Å²) in [5, 5.41) is 6.95. The molecular formula is C22H25N3O2. The first kappa shape index (κ1) is 18.8. The summed E-state index contributed by atoms with van der Waals surface area (Å²) in [5.74, 6) is 0.730. The van der Waals surface area contributed by atoms with Crippen LogP contribution in [0.2, 0.25) is 0 Å². The van der Waals surface area contributed by atoms with Gasteiger partial charge in [0.25, 0.3) is 5.91 Å². The first-order chi connectivity index (χ1) is 12.7. The van der Waals surface area contributed by atoms with Crippen molar-refractivity contribution in [3.63, 3.8) is 0 Å². The van der Waals surface area contributed by atoms with Crippen LogP contribution in [0.15, 0.2) is 53.1 Å². The molecule has 1 atom stereocenters. The first-order valence-electron chi connectivity index (χ1n) is 9.06. The highest BCUT2D eigenvalue weighted by atomic mass is 16.5. The summed E-state index contributed by atoms with van der Waals surface area (Å²) in [4.78, 5) is 16.8. The van der Waals surface area contributed by atoms with Crippen LogP contribution in [0.5, 0.6) is 0 Å². The van der Waals surface area contributed by atoms with Gasteiger partial charge in [0.1, 0.15) is 6.04 Å². The number of nitrogens with zero attached hydrogens (tertiary/aromatic N) is 2. The molecule has 1 heterocycles. The molecule has 5 nitrogen and oxygen atoms in total. The van der Waals surface area contributed by atoms with E-state index < -0.39 is 0 Å². The molecule has 0 bridgehead atoms. The quantitative estimate of drug-likeness (QED) is 0.720. The van der Waals surface area contributed by atoms with Gasteiger partial charge in [0.05, 0.1) is 0 Å². The molecule has 3 rings (SSSR count). The van der Waals surface area contributed by atoms with Gasteiger partial charge < -0.3 is 9.84 Å². The smallest absolute Gasteiger partial charge is 0.251 e. The number of aromatic nitrogens is 2. The van der Waals surface area contributed by atoms with Gasteiger partial charge in [-0.25, -0.2) is 0 Å². The van der Waals surface area contributed by atoms with E-state index in [1.165, 1.54) is 5.56 Å². The van der Waals surface area contributed by atoms with Gasteiger partial charge in [-0.1, -0.05) is 67.9 Å². The maximum Gasteiger partial charge on any atom is 0.251 e. The van der Waals surface area contributed by atoms with Gasteiger partial charge in [-0.05, 0) is 37.0 Å². The van der Waals surface area contributed by atoms with Crippen LogP contribution in [0.25, 0.3) is 11.4 Å². The van der Waals surface area contributed by atoms with Gasteiger partial charge in [-0.15, -0.1) is 0 Å². The number of carbonyl (C=O) groups is 1. The van der Waals surface area contributed by atoms with Crippen LogP contribution in [0.1, 0.15) is 61.1 Å². The second-order valence-electron chi connectivity index (χ2n) is 7.85. The highest BCUT2D eigenvalue weighted by molar-refractivity contribution is 5.94. The van der Waals surface area contributed by atoms with E-state index in [1.54, 1.807) is 6.07 Å². The predicted molar refractivity (Wildman–Crippen MR) is 105 cm³/mol. The number of hydrogen-bond acceptors (Lipinski definition) is 4. The summed E-state index contributed by atoms with van der Waals surface area (Å²) in [6.07, 6.45) is 0. The molecule has 3 aromatic rings. The zero-order valence-electron chi connectivity index (χ0n) is 16.4. The molecule has 1 N–H and O–H groups in total. The van der Waals surface area contributed by atoms with Crippen LogP contribution in [-0.4, -0.2) is 16.0 Å². The molecule has 0 radical (unpaired) electrons. The Morgan fingerprint density at radius 1 is 1.11 bits per heavy atom. The molecule has 0 aliphatic carbocycles. The lowest BCUT2D eigenvalue weighted by atomic mass is 9.87. The molecule has 2 aromatic carbocycles. The minimum absolute atomic E-state index is 0.0928. The van der Waals surface area contributed by atoms with Gasteiger partial charge in [-0.3, -0.25) is 4.79 Å². The number of amides is 1. The van der Waals surface area contributed by atoms with Crippen LogP contribution in [0.3, 0.4) is 0 Å². The third kappa shape index (κ3) is 4.42. The largest absolute Gasteiger partial charge is 0.341 e. The van der Waals surface area contributed by atoms with Crippen molar-refractivity contribution in [3.05, 3.63) is 71.1 Å². The average molecular weight is 363 g/mol. The number of aryl methyl sites for hydroxylation is 1. The number of rotatable bonds is 4. The Bertz CT molecular complexity index is 937. The highest BCUT2D eigenvalue weighted by Crippen LogP contribution is 2.25. The number of hydrogen-bond donors (Lipinski definition) is 1. The Kier molecular flexibility index (Phi) is 5.13. The Hall–Kier alpha value is -2.95. The fraction of sp³-hybridized carbons (Fsp3) is 0.318. The lowest BCUT2D eigenvalue weighted by Gasteiger charge is -2.18. The molecule has 0 unspecified atom stereocenters. The Balaban J connectivity index is 1.72.